The van der Waals surface area contributed by atoms with E-state index in [4.69, 9.17) is 0 Å². The van der Waals surface area contributed by atoms with Gasteiger partial charge in [0.15, 0.2) is 0 Å². The zero-order valence-electron chi connectivity index (χ0n) is 10.7. The number of rotatable bonds is 3. The zero-order chi connectivity index (χ0) is 13.0. The molecule has 4 heteroatoms. The minimum atomic E-state index is -0.546. The molecule has 0 bridgehead atoms. The molecule has 1 unspecified atom stereocenters. The fraction of sp³-hybridized carbons (Fsp3) is 0.571. The highest BCUT2D eigenvalue weighted by Crippen LogP contribution is 2.22. The third-order valence-corrected chi connectivity index (χ3v) is 3.48. The lowest BCUT2D eigenvalue weighted by atomic mass is 9.97. The van der Waals surface area contributed by atoms with Crippen molar-refractivity contribution in [1.82, 2.24) is 9.88 Å². The summed E-state index contributed by atoms with van der Waals surface area (Å²) in [5.41, 5.74) is 0.486. The van der Waals surface area contributed by atoms with Crippen LogP contribution in [0.1, 0.15) is 49.4 Å². The van der Waals surface area contributed by atoms with Crippen LogP contribution in [0.2, 0.25) is 0 Å². The third kappa shape index (κ3) is 2.86. The van der Waals surface area contributed by atoms with Crippen molar-refractivity contribution in [3.63, 3.8) is 0 Å². The molecule has 1 fully saturated rings. The molecule has 1 aromatic heterocycles. The summed E-state index contributed by atoms with van der Waals surface area (Å²) in [6.45, 7) is 2.94. The molecule has 1 atom stereocenters. The molecular weight excluding hydrogens is 231 g/mol. The molecule has 0 aromatic carbocycles. The molecule has 1 saturated heterocycles. The Morgan fingerprint density at radius 1 is 1.50 bits per heavy atom. The number of halogens is 1. The van der Waals surface area contributed by atoms with Gasteiger partial charge in [-0.05, 0) is 37.8 Å². The number of carbonyl (C=O) groups excluding carboxylic acids is 1. The number of carbonyl (C=O) groups is 1. The van der Waals surface area contributed by atoms with Gasteiger partial charge in [-0.3, -0.25) is 4.79 Å². The predicted molar refractivity (Wildman–Crippen MR) is 67.8 cm³/mol. The Bertz CT molecular complexity index is 403. The number of amides is 1. The largest absolute Gasteiger partial charge is 0.336 e. The lowest BCUT2D eigenvalue weighted by Crippen LogP contribution is -2.43. The van der Waals surface area contributed by atoms with E-state index in [1.54, 1.807) is 0 Å². The second-order valence-electron chi connectivity index (χ2n) is 4.81. The molecule has 18 heavy (non-hydrogen) atoms. The van der Waals surface area contributed by atoms with E-state index in [0.29, 0.717) is 11.6 Å². The van der Waals surface area contributed by atoms with E-state index < -0.39 is 5.95 Å². The molecule has 0 radical (unpaired) electrons. The average Bonchev–Trinajstić information content (AvgIpc) is 2.40. The molecule has 98 valence electrons. The Morgan fingerprint density at radius 3 is 3.00 bits per heavy atom. The zero-order valence-corrected chi connectivity index (χ0v) is 10.7. The molecular formula is C14H19FN2O. The summed E-state index contributed by atoms with van der Waals surface area (Å²) in [5, 5.41) is 0. The molecule has 0 spiro atoms. The lowest BCUT2D eigenvalue weighted by Gasteiger charge is -2.35. The summed E-state index contributed by atoms with van der Waals surface area (Å²) in [4.78, 5) is 17.8. The van der Waals surface area contributed by atoms with E-state index >= 15 is 0 Å². The minimum Gasteiger partial charge on any atom is -0.336 e. The van der Waals surface area contributed by atoms with E-state index in [2.05, 4.69) is 11.9 Å². The number of hydrogen-bond donors (Lipinski definition) is 0. The number of nitrogens with zero attached hydrogens (tertiary/aromatic N) is 2. The van der Waals surface area contributed by atoms with Crippen LogP contribution in [0.5, 0.6) is 0 Å². The molecule has 0 N–H and O–H groups in total. The van der Waals surface area contributed by atoms with Crippen molar-refractivity contribution < 1.29 is 9.18 Å². The smallest absolute Gasteiger partial charge is 0.255 e. The second-order valence-corrected chi connectivity index (χ2v) is 4.81. The molecule has 2 heterocycles. The summed E-state index contributed by atoms with van der Waals surface area (Å²) < 4.78 is 12.8. The van der Waals surface area contributed by atoms with Crippen LogP contribution >= 0.6 is 0 Å². The van der Waals surface area contributed by atoms with Crippen molar-refractivity contribution in [2.45, 2.75) is 45.1 Å². The van der Waals surface area contributed by atoms with Gasteiger partial charge in [0.1, 0.15) is 0 Å². The first kappa shape index (κ1) is 13.0. The number of aromatic nitrogens is 1. The molecule has 1 aromatic rings. The standard InChI is InChI=1S/C14H19FN2O/c1-2-5-12-6-3-4-9-17(12)14(18)11-7-8-13(15)16-10-11/h7-8,10,12H,2-6,9H2,1H3. The number of hydrogen-bond acceptors (Lipinski definition) is 2. The quantitative estimate of drug-likeness (QED) is 0.773. The Morgan fingerprint density at radius 2 is 2.33 bits per heavy atom. The monoisotopic (exact) mass is 250 g/mol. The van der Waals surface area contributed by atoms with E-state index in [1.807, 2.05) is 4.90 Å². The van der Waals surface area contributed by atoms with Gasteiger partial charge in [-0.25, -0.2) is 4.98 Å². The number of piperidine rings is 1. The van der Waals surface area contributed by atoms with Gasteiger partial charge in [0.2, 0.25) is 5.95 Å². The average molecular weight is 250 g/mol. The van der Waals surface area contributed by atoms with Crippen molar-refractivity contribution in [3.8, 4) is 0 Å². The van der Waals surface area contributed by atoms with Crippen LogP contribution < -0.4 is 0 Å². The maximum atomic E-state index is 12.8. The second kappa shape index (κ2) is 5.94. The van der Waals surface area contributed by atoms with Gasteiger partial charge in [-0.2, -0.15) is 4.39 Å². The Labute approximate surface area is 107 Å². The van der Waals surface area contributed by atoms with Crippen LogP contribution in [0.15, 0.2) is 18.3 Å². The molecule has 0 aliphatic carbocycles. The first-order valence-electron chi connectivity index (χ1n) is 6.65. The van der Waals surface area contributed by atoms with Gasteiger partial charge in [0.05, 0.1) is 5.56 Å². The fourth-order valence-electron chi connectivity index (χ4n) is 2.57. The van der Waals surface area contributed by atoms with Crippen molar-refractivity contribution >= 4 is 5.91 Å². The summed E-state index contributed by atoms with van der Waals surface area (Å²) in [7, 11) is 0. The van der Waals surface area contributed by atoms with Gasteiger partial charge in [0.25, 0.3) is 5.91 Å². The van der Waals surface area contributed by atoms with E-state index in [1.165, 1.54) is 24.8 Å². The normalized spacial score (nSPS) is 19.9. The third-order valence-electron chi connectivity index (χ3n) is 3.48. The van der Waals surface area contributed by atoms with Gasteiger partial charge < -0.3 is 4.90 Å². The highest BCUT2D eigenvalue weighted by atomic mass is 19.1. The summed E-state index contributed by atoms with van der Waals surface area (Å²) in [5.74, 6) is -0.559. The maximum Gasteiger partial charge on any atom is 0.255 e. The molecule has 1 aliphatic rings. The van der Waals surface area contributed by atoms with Crippen LogP contribution in [0.3, 0.4) is 0 Å². The molecule has 1 aliphatic heterocycles. The first-order chi connectivity index (χ1) is 8.72. The Kier molecular flexibility index (Phi) is 4.28. The summed E-state index contributed by atoms with van der Waals surface area (Å²) in [6, 6.07) is 3.09. The first-order valence-corrected chi connectivity index (χ1v) is 6.65. The van der Waals surface area contributed by atoms with Crippen molar-refractivity contribution in [2.75, 3.05) is 6.54 Å². The summed E-state index contributed by atoms with van der Waals surface area (Å²) in [6.07, 6.45) is 6.77. The highest BCUT2D eigenvalue weighted by Gasteiger charge is 2.26. The minimum absolute atomic E-state index is 0.0133. The van der Waals surface area contributed by atoms with Gasteiger partial charge in [-0.1, -0.05) is 13.3 Å². The van der Waals surface area contributed by atoms with Crippen LogP contribution in [0.25, 0.3) is 0 Å². The lowest BCUT2D eigenvalue weighted by molar-refractivity contribution is 0.0600. The predicted octanol–water partition coefficient (Wildman–Crippen LogP) is 3.02. The van der Waals surface area contributed by atoms with Gasteiger partial charge in [-0.15, -0.1) is 0 Å². The Balaban J connectivity index is 2.12. The molecule has 2 rings (SSSR count). The number of likely N-dealkylation sites (tertiary alicyclic amines) is 1. The fourth-order valence-corrected chi connectivity index (χ4v) is 2.57. The molecule has 1 amide bonds. The van der Waals surface area contributed by atoms with Crippen LogP contribution in [0, 0.1) is 5.95 Å². The molecule has 0 saturated carbocycles. The van der Waals surface area contributed by atoms with E-state index in [0.717, 1.165) is 32.2 Å². The molecule has 3 nitrogen and oxygen atoms in total. The van der Waals surface area contributed by atoms with Crippen LogP contribution in [0.4, 0.5) is 4.39 Å². The van der Waals surface area contributed by atoms with E-state index in [-0.39, 0.29) is 5.91 Å². The van der Waals surface area contributed by atoms with Crippen molar-refractivity contribution in [3.05, 3.63) is 29.8 Å². The van der Waals surface area contributed by atoms with Gasteiger partial charge >= 0.3 is 0 Å². The van der Waals surface area contributed by atoms with Crippen LogP contribution in [-0.4, -0.2) is 28.4 Å². The van der Waals surface area contributed by atoms with E-state index in [9.17, 15) is 9.18 Å². The van der Waals surface area contributed by atoms with Crippen molar-refractivity contribution in [1.29, 1.82) is 0 Å². The van der Waals surface area contributed by atoms with Crippen molar-refractivity contribution in [2.24, 2.45) is 0 Å². The van der Waals surface area contributed by atoms with Gasteiger partial charge in [0, 0.05) is 18.8 Å². The SMILES string of the molecule is CCCC1CCCCN1C(=O)c1ccc(F)nc1. The highest BCUT2D eigenvalue weighted by molar-refractivity contribution is 5.94. The topological polar surface area (TPSA) is 33.2 Å². The Hall–Kier alpha value is -1.45. The number of pyridine rings is 1. The maximum absolute atomic E-state index is 12.8. The summed E-state index contributed by atoms with van der Waals surface area (Å²) >= 11 is 0. The van der Waals surface area contributed by atoms with Crippen LogP contribution in [-0.2, 0) is 0 Å².